The first-order chi connectivity index (χ1) is 9.81. The third-order valence-electron chi connectivity index (χ3n) is 3.76. The molecule has 1 fully saturated rings. The Hall–Kier alpha value is -1.94. The summed E-state index contributed by atoms with van der Waals surface area (Å²) in [5, 5.41) is 0. The lowest BCUT2D eigenvalue weighted by Gasteiger charge is -2.26. The summed E-state index contributed by atoms with van der Waals surface area (Å²) in [4.78, 5) is 11.1. The van der Waals surface area contributed by atoms with Crippen LogP contribution in [0.25, 0.3) is 11.3 Å². The fourth-order valence-corrected chi connectivity index (χ4v) is 2.62. The van der Waals surface area contributed by atoms with Gasteiger partial charge in [0.15, 0.2) is 0 Å². The Morgan fingerprint density at radius 3 is 2.45 bits per heavy atom. The second-order valence-corrected chi connectivity index (χ2v) is 5.36. The second kappa shape index (κ2) is 6.01. The fraction of sp³-hybridized carbons (Fsp3) is 0.375. The van der Waals surface area contributed by atoms with Crippen LogP contribution >= 0.6 is 0 Å². The number of piperidine rings is 1. The van der Waals surface area contributed by atoms with E-state index in [4.69, 9.17) is 5.73 Å². The minimum Gasteiger partial charge on any atom is -0.384 e. The molecule has 0 unspecified atom stereocenters. The Kier molecular flexibility index (Phi) is 3.92. The van der Waals surface area contributed by atoms with Gasteiger partial charge in [-0.05, 0) is 49.7 Å². The van der Waals surface area contributed by atoms with E-state index in [0.29, 0.717) is 5.82 Å². The number of rotatable bonds is 3. The number of pyridine rings is 2. The van der Waals surface area contributed by atoms with Crippen LogP contribution in [-0.2, 0) is 6.54 Å². The quantitative estimate of drug-likeness (QED) is 0.930. The Bertz CT molecular complexity index is 542. The molecule has 1 aliphatic heterocycles. The van der Waals surface area contributed by atoms with Crippen molar-refractivity contribution in [2.45, 2.75) is 25.8 Å². The zero-order valence-corrected chi connectivity index (χ0v) is 11.6. The Labute approximate surface area is 119 Å². The van der Waals surface area contributed by atoms with Crippen LogP contribution in [0, 0.1) is 0 Å². The highest BCUT2D eigenvalue weighted by atomic mass is 15.1. The molecule has 0 spiro atoms. The summed E-state index contributed by atoms with van der Waals surface area (Å²) >= 11 is 0. The van der Waals surface area contributed by atoms with E-state index in [-0.39, 0.29) is 0 Å². The first-order valence-electron chi connectivity index (χ1n) is 7.20. The highest BCUT2D eigenvalue weighted by Gasteiger charge is 2.10. The van der Waals surface area contributed by atoms with Crippen molar-refractivity contribution in [2.75, 3.05) is 18.8 Å². The van der Waals surface area contributed by atoms with E-state index < -0.39 is 0 Å². The Morgan fingerprint density at radius 1 is 0.950 bits per heavy atom. The molecule has 2 aromatic heterocycles. The molecule has 0 aromatic carbocycles. The summed E-state index contributed by atoms with van der Waals surface area (Å²) in [6.07, 6.45) is 7.76. The number of anilines is 1. The minimum atomic E-state index is 0.537. The van der Waals surface area contributed by atoms with Crippen LogP contribution in [0.2, 0.25) is 0 Å². The third kappa shape index (κ3) is 3.14. The predicted octanol–water partition coefficient (Wildman–Crippen LogP) is 2.71. The van der Waals surface area contributed by atoms with E-state index in [2.05, 4.69) is 27.0 Å². The number of hydrogen-bond donors (Lipinski definition) is 1. The monoisotopic (exact) mass is 268 g/mol. The molecule has 2 N–H and O–H groups in total. The zero-order chi connectivity index (χ0) is 13.8. The highest BCUT2D eigenvalue weighted by molar-refractivity contribution is 5.59. The maximum atomic E-state index is 5.60. The van der Waals surface area contributed by atoms with Gasteiger partial charge in [0.05, 0.1) is 5.69 Å². The van der Waals surface area contributed by atoms with Crippen LogP contribution in [0.5, 0.6) is 0 Å². The zero-order valence-electron chi connectivity index (χ0n) is 11.6. The summed E-state index contributed by atoms with van der Waals surface area (Å²) in [6, 6.07) is 7.98. The van der Waals surface area contributed by atoms with Crippen LogP contribution in [0.1, 0.15) is 24.8 Å². The molecule has 2 aromatic rings. The molecule has 0 saturated carbocycles. The SMILES string of the molecule is Nc1ccc(-c2ccc(CN3CCCCC3)cn2)cn1. The molecule has 0 amide bonds. The van der Waals surface area contributed by atoms with Gasteiger partial charge in [0.25, 0.3) is 0 Å². The van der Waals surface area contributed by atoms with Crippen molar-refractivity contribution < 1.29 is 0 Å². The van der Waals surface area contributed by atoms with Crippen molar-refractivity contribution in [1.29, 1.82) is 0 Å². The Balaban J connectivity index is 1.69. The lowest BCUT2D eigenvalue weighted by molar-refractivity contribution is 0.220. The normalized spacial score (nSPS) is 16.2. The van der Waals surface area contributed by atoms with Crippen LogP contribution in [-0.4, -0.2) is 28.0 Å². The van der Waals surface area contributed by atoms with Crippen LogP contribution in [0.15, 0.2) is 36.7 Å². The van der Waals surface area contributed by atoms with Gasteiger partial charge in [0.2, 0.25) is 0 Å². The van der Waals surface area contributed by atoms with Gasteiger partial charge < -0.3 is 5.73 Å². The first-order valence-corrected chi connectivity index (χ1v) is 7.20. The summed E-state index contributed by atoms with van der Waals surface area (Å²) in [5.74, 6) is 0.537. The van der Waals surface area contributed by atoms with Crippen molar-refractivity contribution in [3.63, 3.8) is 0 Å². The van der Waals surface area contributed by atoms with Gasteiger partial charge in [-0.25, -0.2) is 4.98 Å². The molecule has 0 bridgehead atoms. The summed E-state index contributed by atoms with van der Waals surface area (Å²) < 4.78 is 0. The number of nitrogens with two attached hydrogens (primary N) is 1. The van der Waals surface area contributed by atoms with E-state index in [1.165, 1.54) is 37.9 Å². The molecule has 4 nitrogen and oxygen atoms in total. The van der Waals surface area contributed by atoms with Gasteiger partial charge in [-0.2, -0.15) is 0 Å². The van der Waals surface area contributed by atoms with Crippen molar-refractivity contribution in [2.24, 2.45) is 0 Å². The van der Waals surface area contributed by atoms with Crippen LogP contribution in [0.4, 0.5) is 5.82 Å². The highest BCUT2D eigenvalue weighted by Crippen LogP contribution is 2.18. The molecule has 104 valence electrons. The standard InChI is InChI=1S/C16H20N4/c17-16-7-5-14(11-19-16)15-6-4-13(10-18-15)12-20-8-2-1-3-9-20/h4-7,10-11H,1-3,8-9,12H2,(H2,17,19). The molecular formula is C16H20N4. The number of aromatic nitrogens is 2. The van der Waals surface area contributed by atoms with Crippen molar-refractivity contribution in [3.8, 4) is 11.3 Å². The number of nitrogens with zero attached hydrogens (tertiary/aromatic N) is 3. The average Bonchev–Trinajstić information content (AvgIpc) is 2.50. The molecule has 0 atom stereocenters. The minimum absolute atomic E-state index is 0.537. The van der Waals surface area contributed by atoms with E-state index in [9.17, 15) is 0 Å². The van der Waals surface area contributed by atoms with Crippen LogP contribution in [0.3, 0.4) is 0 Å². The van der Waals surface area contributed by atoms with Gasteiger partial charge in [-0.1, -0.05) is 12.5 Å². The lowest BCUT2D eigenvalue weighted by Crippen LogP contribution is -2.29. The third-order valence-corrected chi connectivity index (χ3v) is 3.76. The lowest BCUT2D eigenvalue weighted by atomic mass is 10.1. The van der Waals surface area contributed by atoms with E-state index >= 15 is 0 Å². The second-order valence-electron chi connectivity index (χ2n) is 5.36. The number of nitrogen functional groups attached to an aromatic ring is 1. The molecule has 3 rings (SSSR count). The number of hydrogen-bond acceptors (Lipinski definition) is 4. The number of likely N-dealkylation sites (tertiary alicyclic amines) is 1. The maximum absolute atomic E-state index is 5.60. The first kappa shape index (κ1) is 13.1. The van der Waals surface area contributed by atoms with Crippen LogP contribution < -0.4 is 5.73 Å². The van der Waals surface area contributed by atoms with E-state index in [0.717, 1.165) is 17.8 Å². The van der Waals surface area contributed by atoms with E-state index in [1.807, 2.05) is 12.3 Å². The van der Waals surface area contributed by atoms with E-state index in [1.54, 1.807) is 12.3 Å². The molecule has 4 heteroatoms. The summed E-state index contributed by atoms with van der Waals surface area (Å²) in [7, 11) is 0. The predicted molar refractivity (Wildman–Crippen MR) is 81.0 cm³/mol. The molecule has 1 aliphatic rings. The molecule has 20 heavy (non-hydrogen) atoms. The maximum Gasteiger partial charge on any atom is 0.123 e. The summed E-state index contributed by atoms with van der Waals surface area (Å²) in [5.41, 5.74) is 8.82. The Morgan fingerprint density at radius 2 is 1.80 bits per heavy atom. The smallest absolute Gasteiger partial charge is 0.123 e. The van der Waals surface area contributed by atoms with Crippen molar-refractivity contribution in [3.05, 3.63) is 42.2 Å². The van der Waals surface area contributed by atoms with Gasteiger partial charge in [-0.15, -0.1) is 0 Å². The summed E-state index contributed by atoms with van der Waals surface area (Å²) in [6.45, 7) is 3.43. The largest absolute Gasteiger partial charge is 0.384 e. The molecular weight excluding hydrogens is 248 g/mol. The molecule has 3 heterocycles. The molecule has 1 saturated heterocycles. The van der Waals surface area contributed by atoms with Gasteiger partial charge in [0, 0.05) is 24.5 Å². The van der Waals surface area contributed by atoms with Crippen molar-refractivity contribution in [1.82, 2.24) is 14.9 Å². The van der Waals surface area contributed by atoms with Gasteiger partial charge in [0.1, 0.15) is 5.82 Å². The topological polar surface area (TPSA) is 55.0 Å². The fourth-order valence-electron chi connectivity index (χ4n) is 2.62. The van der Waals surface area contributed by atoms with Gasteiger partial charge in [-0.3, -0.25) is 9.88 Å². The van der Waals surface area contributed by atoms with Crippen molar-refractivity contribution >= 4 is 5.82 Å². The molecule has 0 radical (unpaired) electrons. The average molecular weight is 268 g/mol. The molecule has 0 aliphatic carbocycles. The van der Waals surface area contributed by atoms with Gasteiger partial charge >= 0.3 is 0 Å².